The number of esters is 2. The van der Waals surface area contributed by atoms with Crippen LogP contribution in [-0.2, 0) is 28.5 Å². The van der Waals surface area contributed by atoms with Gasteiger partial charge >= 0.3 is 11.9 Å². The fourth-order valence-corrected chi connectivity index (χ4v) is 3.81. The van der Waals surface area contributed by atoms with Crippen LogP contribution in [0.4, 0.5) is 0 Å². The third kappa shape index (κ3) is 9.31. The Hall–Kier alpha value is -1.18. The second-order valence-corrected chi connectivity index (χ2v) is 10.8. The molecule has 1 fully saturated rings. The van der Waals surface area contributed by atoms with Crippen LogP contribution in [0.2, 0.25) is 0 Å². The van der Waals surface area contributed by atoms with E-state index in [9.17, 15) is 14.7 Å². The molecule has 0 radical (unpaired) electrons. The molecular formula is C23H42O7. The minimum absolute atomic E-state index is 0.0314. The standard InChI is InChI=1S/C23H42O7/c1-21(2,3)15-23(7,22(4,5)6)20(26)28-14-18(24)27-13-19(25)30-16-29-17-11-9-8-10-12-17/h17,20,26H,8-16H2,1-7H3. The lowest BCUT2D eigenvalue weighted by atomic mass is 9.61. The van der Waals surface area contributed by atoms with Gasteiger partial charge in [0.1, 0.15) is 6.61 Å². The first-order valence-corrected chi connectivity index (χ1v) is 11.0. The van der Waals surface area contributed by atoms with Gasteiger partial charge in [-0.1, -0.05) is 67.7 Å². The molecule has 1 aliphatic carbocycles. The molecule has 0 aromatic rings. The van der Waals surface area contributed by atoms with Crippen LogP contribution in [0.5, 0.6) is 0 Å². The summed E-state index contributed by atoms with van der Waals surface area (Å²) in [5.41, 5.74) is -0.872. The van der Waals surface area contributed by atoms with Crippen molar-refractivity contribution in [1.82, 2.24) is 0 Å². The van der Waals surface area contributed by atoms with E-state index in [0.717, 1.165) is 25.7 Å². The Kier molecular flexibility index (Phi) is 10.2. The van der Waals surface area contributed by atoms with Crippen molar-refractivity contribution in [2.75, 3.05) is 20.0 Å². The minimum Gasteiger partial charge on any atom is -0.452 e. The van der Waals surface area contributed by atoms with Crippen LogP contribution in [0.1, 0.15) is 87.0 Å². The van der Waals surface area contributed by atoms with Crippen molar-refractivity contribution < 1.29 is 33.6 Å². The van der Waals surface area contributed by atoms with Gasteiger partial charge in [0.2, 0.25) is 0 Å². The molecule has 7 nitrogen and oxygen atoms in total. The van der Waals surface area contributed by atoms with E-state index in [2.05, 4.69) is 20.8 Å². The van der Waals surface area contributed by atoms with Gasteiger partial charge in [-0.25, -0.2) is 9.59 Å². The van der Waals surface area contributed by atoms with E-state index in [4.69, 9.17) is 18.9 Å². The molecule has 2 unspecified atom stereocenters. The van der Waals surface area contributed by atoms with E-state index in [1.54, 1.807) is 0 Å². The Labute approximate surface area is 181 Å². The fraction of sp³-hybridized carbons (Fsp3) is 0.913. The Morgan fingerprint density at radius 1 is 0.900 bits per heavy atom. The van der Waals surface area contributed by atoms with Gasteiger partial charge in [-0.15, -0.1) is 0 Å². The molecule has 2 atom stereocenters. The number of carbonyl (C=O) groups excluding carboxylic acids is 2. The maximum absolute atomic E-state index is 11.9. The van der Waals surface area contributed by atoms with Crippen molar-refractivity contribution in [1.29, 1.82) is 0 Å². The summed E-state index contributed by atoms with van der Waals surface area (Å²) in [6, 6.07) is 0. The van der Waals surface area contributed by atoms with E-state index < -0.39 is 36.9 Å². The average molecular weight is 431 g/mol. The first kappa shape index (κ1) is 26.9. The molecule has 7 heteroatoms. The number of aliphatic hydroxyl groups excluding tert-OH is 1. The van der Waals surface area contributed by atoms with Gasteiger partial charge in [0.05, 0.1) is 6.10 Å². The van der Waals surface area contributed by atoms with Crippen LogP contribution in [-0.4, -0.2) is 49.4 Å². The van der Waals surface area contributed by atoms with Crippen LogP contribution >= 0.6 is 0 Å². The highest BCUT2D eigenvalue weighted by molar-refractivity contribution is 5.76. The molecule has 0 saturated heterocycles. The lowest BCUT2D eigenvalue weighted by molar-refractivity contribution is -0.217. The van der Waals surface area contributed by atoms with Gasteiger partial charge in [0, 0.05) is 5.41 Å². The Morgan fingerprint density at radius 2 is 1.47 bits per heavy atom. The number of hydrogen-bond donors (Lipinski definition) is 1. The molecule has 30 heavy (non-hydrogen) atoms. The first-order chi connectivity index (χ1) is 13.7. The average Bonchev–Trinajstić information content (AvgIpc) is 2.63. The third-order valence-electron chi connectivity index (χ3n) is 5.94. The molecule has 0 bridgehead atoms. The van der Waals surface area contributed by atoms with E-state index in [0.29, 0.717) is 6.42 Å². The summed E-state index contributed by atoms with van der Waals surface area (Å²) < 4.78 is 20.8. The summed E-state index contributed by atoms with van der Waals surface area (Å²) in [4.78, 5) is 23.6. The van der Waals surface area contributed by atoms with Crippen molar-refractivity contribution in [2.45, 2.75) is 99.4 Å². The number of carbonyl (C=O) groups is 2. The summed E-state index contributed by atoms with van der Waals surface area (Å²) in [5.74, 6) is -1.40. The van der Waals surface area contributed by atoms with Crippen LogP contribution < -0.4 is 0 Å². The van der Waals surface area contributed by atoms with Crippen molar-refractivity contribution in [3.05, 3.63) is 0 Å². The van der Waals surface area contributed by atoms with Crippen molar-refractivity contribution in [3.8, 4) is 0 Å². The highest BCUT2D eigenvalue weighted by atomic mass is 16.7. The zero-order valence-electron chi connectivity index (χ0n) is 19.9. The Morgan fingerprint density at radius 3 is 2.00 bits per heavy atom. The molecule has 0 aliphatic heterocycles. The van der Waals surface area contributed by atoms with Gasteiger partial charge < -0.3 is 24.1 Å². The second kappa shape index (κ2) is 11.4. The van der Waals surface area contributed by atoms with Gasteiger partial charge in [-0.2, -0.15) is 0 Å². The highest BCUT2D eigenvalue weighted by Crippen LogP contribution is 2.49. The van der Waals surface area contributed by atoms with Crippen LogP contribution in [0, 0.1) is 16.2 Å². The molecule has 0 aromatic carbocycles. The van der Waals surface area contributed by atoms with Crippen LogP contribution in [0.3, 0.4) is 0 Å². The maximum Gasteiger partial charge on any atom is 0.346 e. The molecule has 1 N–H and O–H groups in total. The number of ether oxygens (including phenoxy) is 4. The highest BCUT2D eigenvalue weighted by Gasteiger charge is 2.46. The van der Waals surface area contributed by atoms with Crippen LogP contribution in [0.25, 0.3) is 0 Å². The molecule has 1 saturated carbocycles. The predicted molar refractivity (Wildman–Crippen MR) is 113 cm³/mol. The smallest absolute Gasteiger partial charge is 0.346 e. The summed E-state index contributed by atoms with van der Waals surface area (Å²) in [6.07, 6.45) is 5.13. The van der Waals surface area contributed by atoms with E-state index in [-0.39, 0.29) is 23.7 Å². The fourth-order valence-electron chi connectivity index (χ4n) is 3.81. The quantitative estimate of drug-likeness (QED) is 0.410. The second-order valence-electron chi connectivity index (χ2n) is 10.8. The molecular weight excluding hydrogens is 388 g/mol. The van der Waals surface area contributed by atoms with Crippen molar-refractivity contribution in [2.24, 2.45) is 16.2 Å². The lowest BCUT2D eigenvalue weighted by Gasteiger charge is -2.48. The van der Waals surface area contributed by atoms with E-state index in [1.807, 2.05) is 27.7 Å². The summed E-state index contributed by atoms with van der Waals surface area (Å²) in [6.45, 7) is 13.3. The topological polar surface area (TPSA) is 91.3 Å². The summed E-state index contributed by atoms with van der Waals surface area (Å²) >= 11 is 0. The van der Waals surface area contributed by atoms with Crippen LogP contribution in [0.15, 0.2) is 0 Å². The van der Waals surface area contributed by atoms with Gasteiger partial charge in [0.25, 0.3) is 0 Å². The summed E-state index contributed by atoms with van der Waals surface area (Å²) in [7, 11) is 0. The predicted octanol–water partition coefficient (Wildman–Crippen LogP) is 4.20. The van der Waals surface area contributed by atoms with E-state index in [1.165, 1.54) is 6.42 Å². The number of hydrogen-bond acceptors (Lipinski definition) is 7. The molecule has 0 spiro atoms. The Bertz CT molecular complexity index is 541. The van der Waals surface area contributed by atoms with Gasteiger partial charge in [-0.05, 0) is 30.1 Å². The van der Waals surface area contributed by atoms with Crippen molar-refractivity contribution >= 4 is 11.9 Å². The molecule has 1 aliphatic rings. The van der Waals surface area contributed by atoms with Gasteiger partial charge in [0.15, 0.2) is 19.7 Å². The monoisotopic (exact) mass is 430 g/mol. The maximum atomic E-state index is 11.9. The molecule has 1 rings (SSSR count). The number of aliphatic hydroxyl groups is 1. The zero-order valence-corrected chi connectivity index (χ0v) is 19.9. The zero-order chi connectivity index (χ0) is 23.0. The molecule has 0 amide bonds. The largest absolute Gasteiger partial charge is 0.452 e. The van der Waals surface area contributed by atoms with E-state index >= 15 is 0 Å². The summed E-state index contributed by atoms with van der Waals surface area (Å²) in [5, 5.41) is 10.7. The molecule has 0 aromatic heterocycles. The molecule has 176 valence electrons. The number of rotatable bonds is 10. The Balaban J connectivity index is 2.36. The normalized spacial score (nSPS) is 19.1. The minimum atomic E-state index is -1.15. The molecule has 0 heterocycles. The first-order valence-electron chi connectivity index (χ1n) is 11.0. The SMILES string of the molecule is CC(C)(C)CC(C)(C(O)OCC(=O)OCC(=O)OCOC1CCCCC1)C(C)(C)C. The van der Waals surface area contributed by atoms with Gasteiger partial charge in [-0.3, -0.25) is 0 Å². The third-order valence-corrected chi connectivity index (χ3v) is 5.94. The van der Waals surface area contributed by atoms with Crippen molar-refractivity contribution in [3.63, 3.8) is 0 Å². The lowest BCUT2D eigenvalue weighted by Crippen LogP contribution is -2.47.